The van der Waals surface area contributed by atoms with Crippen LogP contribution in [0.25, 0.3) is 0 Å². The maximum Gasteiger partial charge on any atom is 0.0738 e. The van der Waals surface area contributed by atoms with E-state index in [1.165, 1.54) is 26.4 Å². The fourth-order valence-electron chi connectivity index (χ4n) is 2.41. The third-order valence-electron chi connectivity index (χ3n) is 3.65. The van der Waals surface area contributed by atoms with Crippen LogP contribution in [-0.4, -0.2) is 0 Å². The van der Waals surface area contributed by atoms with Crippen LogP contribution in [0.3, 0.4) is 0 Å². The second-order valence-electron chi connectivity index (χ2n) is 6.34. The summed E-state index contributed by atoms with van der Waals surface area (Å²) in [6.07, 6.45) is 0. The monoisotopic (exact) mass is 350 g/mol. The molecule has 20 heavy (non-hydrogen) atoms. The highest BCUT2D eigenvalue weighted by molar-refractivity contribution is 9.09. The van der Waals surface area contributed by atoms with Gasteiger partial charge in [0.1, 0.15) is 0 Å². The van der Waals surface area contributed by atoms with Crippen molar-refractivity contribution in [3.63, 3.8) is 0 Å². The maximum atomic E-state index is 5.49. The number of hydrogen-bond acceptors (Lipinski definition) is 2. The van der Waals surface area contributed by atoms with Crippen molar-refractivity contribution in [1.29, 1.82) is 0 Å². The quantitative estimate of drug-likeness (QED) is 0.644. The zero-order valence-corrected chi connectivity index (χ0v) is 14.5. The molecule has 2 heterocycles. The van der Waals surface area contributed by atoms with Crippen molar-refractivity contribution in [1.82, 2.24) is 0 Å². The molecule has 0 aliphatic carbocycles. The van der Waals surface area contributed by atoms with Crippen molar-refractivity contribution in [3.05, 3.63) is 56.8 Å². The minimum atomic E-state index is 0.224. The van der Waals surface area contributed by atoms with E-state index in [1.54, 1.807) is 0 Å². The summed E-state index contributed by atoms with van der Waals surface area (Å²) in [7, 11) is 0. The van der Waals surface area contributed by atoms with Gasteiger partial charge in [-0.3, -0.25) is 0 Å². The molecule has 3 heteroatoms. The standard InChI is InChI=1S/C17H19BrOS/c1-17(2,3)15-7-6-14(20-15)16(18)11-4-5-12-9-19-10-13(12)8-11/h4-8,16H,9-10H2,1-3H3. The van der Waals surface area contributed by atoms with E-state index in [0.29, 0.717) is 0 Å². The Kier molecular flexibility index (Phi) is 3.78. The Bertz CT molecular complexity index is 624. The van der Waals surface area contributed by atoms with E-state index in [4.69, 9.17) is 4.74 Å². The smallest absolute Gasteiger partial charge is 0.0738 e. The molecule has 0 spiro atoms. The van der Waals surface area contributed by atoms with Crippen LogP contribution in [0.4, 0.5) is 0 Å². The van der Waals surface area contributed by atoms with Gasteiger partial charge in [0.25, 0.3) is 0 Å². The molecule has 1 nitrogen and oxygen atoms in total. The molecule has 0 radical (unpaired) electrons. The van der Waals surface area contributed by atoms with E-state index in [2.05, 4.69) is 67.0 Å². The van der Waals surface area contributed by atoms with Crippen LogP contribution in [0.15, 0.2) is 30.3 Å². The molecule has 0 fully saturated rings. The van der Waals surface area contributed by atoms with Gasteiger partial charge in [0.05, 0.1) is 18.0 Å². The second kappa shape index (κ2) is 5.28. The third-order valence-corrected chi connectivity index (χ3v) is 6.55. The molecule has 0 amide bonds. The predicted octanol–water partition coefficient (Wildman–Crippen LogP) is 5.56. The lowest BCUT2D eigenvalue weighted by Gasteiger charge is -2.16. The number of halogens is 1. The summed E-state index contributed by atoms with van der Waals surface area (Å²) in [4.78, 5) is 3.07. The van der Waals surface area contributed by atoms with Crippen molar-refractivity contribution in [2.24, 2.45) is 0 Å². The molecule has 0 N–H and O–H groups in total. The summed E-state index contributed by atoms with van der Waals surface area (Å²) in [5, 5.41) is 0. The lowest BCUT2D eigenvalue weighted by Crippen LogP contribution is -2.07. The zero-order valence-electron chi connectivity index (χ0n) is 12.1. The van der Waals surface area contributed by atoms with E-state index in [-0.39, 0.29) is 10.2 Å². The van der Waals surface area contributed by atoms with Gasteiger partial charge in [-0.25, -0.2) is 0 Å². The third kappa shape index (κ3) is 2.72. The SMILES string of the molecule is CC(C)(C)c1ccc(C(Br)c2ccc3c(c2)COC3)s1. The van der Waals surface area contributed by atoms with Gasteiger partial charge in [-0.2, -0.15) is 0 Å². The van der Waals surface area contributed by atoms with Gasteiger partial charge >= 0.3 is 0 Å². The van der Waals surface area contributed by atoms with Gasteiger partial charge in [0, 0.05) is 9.75 Å². The second-order valence-corrected chi connectivity index (χ2v) is 8.37. The zero-order chi connectivity index (χ0) is 14.3. The average Bonchev–Trinajstić information content (AvgIpc) is 3.05. The summed E-state index contributed by atoms with van der Waals surface area (Å²) in [6.45, 7) is 8.30. The van der Waals surface area contributed by atoms with Crippen LogP contribution in [0.5, 0.6) is 0 Å². The number of alkyl halides is 1. The summed E-state index contributed by atoms with van der Waals surface area (Å²) < 4.78 is 5.49. The highest BCUT2D eigenvalue weighted by Gasteiger charge is 2.20. The van der Waals surface area contributed by atoms with Gasteiger partial charge in [-0.1, -0.05) is 54.9 Å². The van der Waals surface area contributed by atoms with Crippen LogP contribution in [0.2, 0.25) is 0 Å². The first-order chi connectivity index (χ1) is 9.45. The molecule has 0 saturated carbocycles. The number of fused-ring (bicyclic) bond motifs is 1. The van der Waals surface area contributed by atoms with Crippen molar-refractivity contribution in [2.45, 2.75) is 44.2 Å². The lowest BCUT2D eigenvalue weighted by molar-refractivity contribution is 0.134. The minimum absolute atomic E-state index is 0.224. The van der Waals surface area contributed by atoms with Crippen LogP contribution < -0.4 is 0 Å². The normalized spacial score (nSPS) is 16.2. The fraction of sp³-hybridized carbons (Fsp3) is 0.412. The Balaban J connectivity index is 1.89. The van der Waals surface area contributed by atoms with E-state index in [0.717, 1.165) is 13.2 Å². The topological polar surface area (TPSA) is 9.23 Å². The molecular formula is C17H19BrOS. The molecule has 1 aliphatic rings. The average molecular weight is 351 g/mol. The fourth-order valence-corrected chi connectivity index (χ4v) is 4.20. The van der Waals surface area contributed by atoms with Crippen molar-refractivity contribution < 1.29 is 4.74 Å². The number of benzene rings is 1. The number of ether oxygens (including phenoxy) is 1. The number of hydrogen-bond donors (Lipinski definition) is 0. The van der Waals surface area contributed by atoms with E-state index in [1.807, 2.05) is 11.3 Å². The van der Waals surface area contributed by atoms with Crippen molar-refractivity contribution >= 4 is 27.3 Å². The van der Waals surface area contributed by atoms with E-state index < -0.39 is 0 Å². The van der Waals surface area contributed by atoms with Crippen LogP contribution in [0, 0.1) is 0 Å². The molecular weight excluding hydrogens is 332 g/mol. The minimum Gasteiger partial charge on any atom is -0.372 e. The van der Waals surface area contributed by atoms with Crippen LogP contribution in [-0.2, 0) is 23.4 Å². The molecule has 0 bridgehead atoms. The molecule has 106 valence electrons. The van der Waals surface area contributed by atoms with Gasteiger partial charge in [-0.15, -0.1) is 11.3 Å². The first-order valence-electron chi connectivity index (χ1n) is 6.89. The van der Waals surface area contributed by atoms with Crippen molar-refractivity contribution in [2.75, 3.05) is 0 Å². The van der Waals surface area contributed by atoms with Gasteiger partial charge < -0.3 is 4.74 Å². The molecule has 1 aliphatic heterocycles. The maximum absolute atomic E-state index is 5.49. The molecule has 2 aromatic rings. The van der Waals surface area contributed by atoms with Gasteiger partial charge in [-0.05, 0) is 34.2 Å². The Morgan fingerprint density at radius 3 is 2.55 bits per heavy atom. The largest absolute Gasteiger partial charge is 0.372 e. The van der Waals surface area contributed by atoms with Crippen molar-refractivity contribution in [3.8, 4) is 0 Å². The first-order valence-corrected chi connectivity index (χ1v) is 8.62. The highest BCUT2D eigenvalue weighted by Crippen LogP contribution is 2.39. The van der Waals surface area contributed by atoms with E-state index in [9.17, 15) is 0 Å². The molecule has 0 saturated heterocycles. The molecule has 3 rings (SSSR count). The van der Waals surface area contributed by atoms with Crippen LogP contribution >= 0.6 is 27.3 Å². The number of thiophene rings is 1. The molecule has 1 aromatic heterocycles. The highest BCUT2D eigenvalue weighted by atomic mass is 79.9. The Morgan fingerprint density at radius 1 is 1.10 bits per heavy atom. The summed E-state index contributed by atoms with van der Waals surface area (Å²) in [6, 6.07) is 11.2. The molecule has 1 atom stereocenters. The van der Waals surface area contributed by atoms with E-state index >= 15 is 0 Å². The lowest BCUT2D eigenvalue weighted by atomic mass is 9.95. The first kappa shape index (κ1) is 14.3. The summed E-state index contributed by atoms with van der Waals surface area (Å²) >= 11 is 5.75. The Morgan fingerprint density at radius 2 is 1.85 bits per heavy atom. The summed E-state index contributed by atoms with van der Waals surface area (Å²) in [5.41, 5.74) is 4.20. The Hall–Kier alpha value is -0.640. The van der Waals surface area contributed by atoms with Gasteiger partial charge in [0.15, 0.2) is 0 Å². The Labute approximate surface area is 133 Å². The number of rotatable bonds is 2. The summed E-state index contributed by atoms with van der Waals surface area (Å²) in [5.74, 6) is 0. The molecule has 1 unspecified atom stereocenters. The molecule has 1 aromatic carbocycles. The van der Waals surface area contributed by atoms with Crippen LogP contribution in [0.1, 0.15) is 52.0 Å². The predicted molar refractivity (Wildman–Crippen MR) is 88.7 cm³/mol. The van der Waals surface area contributed by atoms with Gasteiger partial charge in [0.2, 0.25) is 0 Å².